The summed E-state index contributed by atoms with van der Waals surface area (Å²) in [5, 5.41) is 6.35. The van der Waals surface area contributed by atoms with E-state index in [1.54, 1.807) is 72.8 Å². The molecule has 0 saturated heterocycles. The van der Waals surface area contributed by atoms with Crippen LogP contribution in [0.25, 0.3) is 21.9 Å². The summed E-state index contributed by atoms with van der Waals surface area (Å²) in [7, 11) is 0. The van der Waals surface area contributed by atoms with Gasteiger partial charge in [0.25, 0.3) is 11.8 Å². The van der Waals surface area contributed by atoms with Crippen molar-refractivity contribution < 1.29 is 18.4 Å². The molecule has 2 aromatic heterocycles. The van der Waals surface area contributed by atoms with E-state index in [1.165, 1.54) is 0 Å². The van der Waals surface area contributed by atoms with Gasteiger partial charge in [0.2, 0.25) is 5.76 Å². The maximum atomic E-state index is 13.0. The summed E-state index contributed by atoms with van der Waals surface area (Å²) in [5.74, 6) is -1.43. The van der Waals surface area contributed by atoms with Crippen LogP contribution in [0.15, 0.2) is 98.6 Å². The second-order valence-electron chi connectivity index (χ2n) is 7.05. The number of amides is 2. The van der Waals surface area contributed by atoms with Crippen molar-refractivity contribution in [2.24, 2.45) is 0 Å². The third-order valence-electron chi connectivity index (χ3n) is 4.93. The third kappa shape index (κ3) is 3.52. The Hall–Kier alpha value is -4.65. The van der Waals surface area contributed by atoms with Crippen molar-refractivity contribution >= 4 is 45.1 Å². The van der Waals surface area contributed by atoms with Gasteiger partial charge in [-0.25, -0.2) is 0 Å². The van der Waals surface area contributed by atoms with Crippen LogP contribution in [0.4, 0.5) is 11.4 Å². The minimum atomic E-state index is -0.673. The standard InChI is InChI=1S/C25H16N2O5/c28-18-14-21(31-19-12-6-4-10-16(18)19)24(29)27-22-17-11-5-7-13-20(17)32-23(22)25(30)26-15-8-2-1-3-9-15/h1-14H,(H,26,30)(H,27,29). The number of anilines is 2. The molecule has 0 aliphatic rings. The molecule has 32 heavy (non-hydrogen) atoms. The number of hydrogen-bond donors (Lipinski definition) is 2. The molecular weight excluding hydrogens is 408 g/mol. The van der Waals surface area contributed by atoms with Gasteiger partial charge in [0.15, 0.2) is 11.2 Å². The molecule has 0 spiro atoms. The second kappa shape index (κ2) is 7.88. The summed E-state index contributed by atoms with van der Waals surface area (Å²) in [6.45, 7) is 0. The number of fused-ring (bicyclic) bond motifs is 2. The lowest BCUT2D eigenvalue weighted by atomic mass is 10.2. The Labute approximate surface area is 181 Å². The van der Waals surface area contributed by atoms with Crippen molar-refractivity contribution in [1.82, 2.24) is 0 Å². The quantitative estimate of drug-likeness (QED) is 0.421. The second-order valence-corrected chi connectivity index (χ2v) is 7.05. The highest BCUT2D eigenvalue weighted by Gasteiger charge is 2.24. The number of carbonyl (C=O) groups is 2. The van der Waals surface area contributed by atoms with Crippen LogP contribution < -0.4 is 16.1 Å². The normalized spacial score (nSPS) is 10.9. The third-order valence-corrected chi connectivity index (χ3v) is 4.93. The van der Waals surface area contributed by atoms with Crippen LogP contribution in [-0.4, -0.2) is 11.8 Å². The van der Waals surface area contributed by atoms with Crippen LogP contribution in [-0.2, 0) is 0 Å². The monoisotopic (exact) mass is 424 g/mol. The van der Waals surface area contributed by atoms with Gasteiger partial charge in [-0.2, -0.15) is 0 Å². The van der Waals surface area contributed by atoms with Gasteiger partial charge in [0.05, 0.1) is 5.39 Å². The van der Waals surface area contributed by atoms with Crippen LogP contribution in [0.1, 0.15) is 21.1 Å². The zero-order chi connectivity index (χ0) is 22.1. The van der Waals surface area contributed by atoms with Crippen molar-refractivity contribution in [1.29, 1.82) is 0 Å². The van der Waals surface area contributed by atoms with E-state index in [9.17, 15) is 14.4 Å². The first-order valence-corrected chi connectivity index (χ1v) is 9.82. The topological polar surface area (TPSA) is 102 Å². The van der Waals surface area contributed by atoms with Crippen molar-refractivity contribution in [3.8, 4) is 0 Å². The summed E-state index contributed by atoms with van der Waals surface area (Å²) >= 11 is 0. The maximum absolute atomic E-state index is 13.0. The Balaban J connectivity index is 1.53. The predicted octanol–water partition coefficient (Wildman–Crippen LogP) is 5.04. The van der Waals surface area contributed by atoms with Gasteiger partial charge in [-0.1, -0.05) is 42.5 Å². The first kappa shape index (κ1) is 19.3. The van der Waals surface area contributed by atoms with E-state index in [1.807, 2.05) is 6.07 Å². The van der Waals surface area contributed by atoms with Crippen LogP contribution in [0.3, 0.4) is 0 Å². The molecule has 3 aromatic carbocycles. The van der Waals surface area contributed by atoms with E-state index in [0.29, 0.717) is 27.6 Å². The first-order valence-electron chi connectivity index (χ1n) is 9.82. The molecule has 0 aliphatic heterocycles. The van der Waals surface area contributed by atoms with Crippen LogP contribution in [0.5, 0.6) is 0 Å². The van der Waals surface area contributed by atoms with E-state index in [-0.39, 0.29) is 22.6 Å². The summed E-state index contributed by atoms with van der Waals surface area (Å²) in [6.07, 6.45) is 0. The van der Waals surface area contributed by atoms with Crippen LogP contribution >= 0.6 is 0 Å². The predicted molar refractivity (Wildman–Crippen MR) is 121 cm³/mol. The van der Waals surface area contributed by atoms with E-state index < -0.39 is 11.8 Å². The fourth-order valence-electron chi connectivity index (χ4n) is 3.43. The number of furan rings is 1. The Kier molecular flexibility index (Phi) is 4.76. The van der Waals surface area contributed by atoms with Gasteiger partial charge in [0, 0.05) is 17.1 Å². The molecule has 0 bridgehead atoms. The summed E-state index contributed by atoms with van der Waals surface area (Å²) in [5.41, 5.74) is 1.16. The minimum absolute atomic E-state index is 0.0634. The molecule has 7 heteroatoms. The van der Waals surface area contributed by atoms with E-state index >= 15 is 0 Å². The Bertz CT molecular complexity index is 1530. The molecule has 0 aliphatic carbocycles. The fraction of sp³-hybridized carbons (Fsp3) is 0. The van der Waals surface area contributed by atoms with E-state index in [2.05, 4.69) is 10.6 Å². The zero-order valence-electron chi connectivity index (χ0n) is 16.6. The fourth-order valence-corrected chi connectivity index (χ4v) is 3.43. The highest BCUT2D eigenvalue weighted by atomic mass is 16.4. The number of benzene rings is 3. The van der Waals surface area contributed by atoms with E-state index in [0.717, 1.165) is 6.07 Å². The minimum Gasteiger partial charge on any atom is -0.451 e. The number of carbonyl (C=O) groups excluding carboxylic acids is 2. The highest BCUT2D eigenvalue weighted by molar-refractivity contribution is 6.16. The molecule has 2 amide bonds. The Morgan fingerprint density at radius 3 is 2.03 bits per heavy atom. The molecule has 0 fully saturated rings. The Morgan fingerprint density at radius 2 is 1.28 bits per heavy atom. The molecule has 7 nitrogen and oxygen atoms in total. The molecule has 5 aromatic rings. The average Bonchev–Trinajstić information content (AvgIpc) is 3.18. The number of rotatable bonds is 4. The zero-order valence-corrected chi connectivity index (χ0v) is 16.6. The molecule has 156 valence electrons. The van der Waals surface area contributed by atoms with Crippen LogP contribution in [0, 0.1) is 0 Å². The summed E-state index contributed by atoms with van der Waals surface area (Å²) < 4.78 is 11.4. The summed E-state index contributed by atoms with van der Waals surface area (Å²) in [4.78, 5) is 38.3. The average molecular weight is 424 g/mol. The van der Waals surface area contributed by atoms with Gasteiger partial charge in [0.1, 0.15) is 16.9 Å². The maximum Gasteiger partial charge on any atom is 0.293 e. The smallest absolute Gasteiger partial charge is 0.293 e. The lowest BCUT2D eigenvalue weighted by Gasteiger charge is -2.07. The highest BCUT2D eigenvalue weighted by Crippen LogP contribution is 2.32. The summed E-state index contributed by atoms with van der Waals surface area (Å²) in [6, 6.07) is 23.6. The van der Waals surface area contributed by atoms with Crippen LogP contribution in [0.2, 0.25) is 0 Å². The SMILES string of the molecule is O=C(Nc1c(C(=O)Nc2ccccc2)oc2ccccc12)c1cc(=O)c2ccccc2o1. The van der Waals surface area contributed by atoms with Gasteiger partial charge < -0.3 is 19.5 Å². The lowest BCUT2D eigenvalue weighted by molar-refractivity contribution is 0.0996. The van der Waals surface area contributed by atoms with Gasteiger partial charge >= 0.3 is 0 Å². The van der Waals surface area contributed by atoms with Gasteiger partial charge in [-0.3, -0.25) is 14.4 Å². The Morgan fingerprint density at radius 1 is 0.656 bits per heavy atom. The first-order chi connectivity index (χ1) is 15.6. The van der Waals surface area contributed by atoms with Crippen molar-refractivity contribution in [2.75, 3.05) is 10.6 Å². The number of hydrogen-bond acceptors (Lipinski definition) is 5. The molecule has 0 unspecified atom stereocenters. The van der Waals surface area contributed by atoms with Gasteiger partial charge in [-0.05, 0) is 36.4 Å². The molecule has 0 atom stereocenters. The molecule has 0 radical (unpaired) electrons. The van der Waals surface area contributed by atoms with Crippen molar-refractivity contribution in [3.05, 3.63) is 107 Å². The van der Waals surface area contributed by atoms with E-state index in [4.69, 9.17) is 8.83 Å². The molecule has 5 rings (SSSR count). The largest absolute Gasteiger partial charge is 0.451 e. The van der Waals surface area contributed by atoms with Gasteiger partial charge in [-0.15, -0.1) is 0 Å². The molecule has 2 heterocycles. The lowest BCUT2D eigenvalue weighted by Crippen LogP contribution is -2.18. The molecular formula is C25H16N2O5. The number of nitrogens with one attached hydrogen (secondary N) is 2. The van der Waals surface area contributed by atoms with Crippen molar-refractivity contribution in [3.63, 3.8) is 0 Å². The number of para-hydroxylation sites is 3. The molecule has 0 saturated carbocycles. The van der Waals surface area contributed by atoms with Crippen molar-refractivity contribution in [2.45, 2.75) is 0 Å². The molecule has 2 N–H and O–H groups in total.